The van der Waals surface area contributed by atoms with E-state index in [0.29, 0.717) is 65.1 Å². The molecule has 4 aromatic rings. The van der Waals surface area contributed by atoms with Crippen LogP contribution in [0.4, 0.5) is 5.69 Å². The van der Waals surface area contributed by atoms with E-state index < -0.39 is 6.04 Å². The first kappa shape index (κ1) is 41.2. The second-order valence-electron chi connectivity index (χ2n) is 15.2. The first-order chi connectivity index (χ1) is 28.6. The molecule has 3 heterocycles. The summed E-state index contributed by atoms with van der Waals surface area (Å²) in [6.07, 6.45) is 3.97. The number of amidine groups is 2. The van der Waals surface area contributed by atoms with Crippen LogP contribution in [0.2, 0.25) is 5.02 Å². The van der Waals surface area contributed by atoms with Crippen molar-refractivity contribution in [3.05, 3.63) is 124 Å². The Hall–Kier alpha value is -6.01. The summed E-state index contributed by atoms with van der Waals surface area (Å²) < 4.78 is 11.4. The highest BCUT2D eigenvalue weighted by molar-refractivity contribution is 6.31. The van der Waals surface area contributed by atoms with Crippen molar-refractivity contribution in [2.24, 2.45) is 4.99 Å². The Morgan fingerprint density at radius 3 is 2.36 bits per heavy atom. The zero-order valence-electron chi connectivity index (χ0n) is 33.5. The van der Waals surface area contributed by atoms with Crippen LogP contribution in [0.1, 0.15) is 84.0 Å². The number of methoxy groups -OCH3 is 1. The predicted molar refractivity (Wildman–Crippen MR) is 231 cm³/mol. The summed E-state index contributed by atoms with van der Waals surface area (Å²) in [5, 5.41) is 21.4. The number of anilines is 1. The molecule has 3 aliphatic rings. The van der Waals surface area contributed by atoms with Crippen molar-refractivity contribution in [3.63, 3.8) is 0 Å². The fraction of sp³-hybridized carbons (Fsp3) is 0.348. The van der Waals surface area contributed by atoms with Gasteiger partial charge in [0.2, 0.25) is 11.8 Å². The van der Waals surface area contributed by atoms with Crippen LogP contribution in [0.3, 0.4) is 0 Å². The summed E-state index contributed by atoms with van der Waals surface area (Å²) in [5.74, 6) is 1.41. The molecule has 0 unspecified atom stereocenters. The fourth-order valence-electron chi connectivity index (χ4n) is 8.04. The Bertz CT molecular complexity index is 2250. The van der Waals surface area contributed by atoms with Gasteiger partial charge in [-0.15, -0.1) is 0 Å². The van der Waals surface area contributed by atoms with Crippen LogP contribution in [0.5, 0.6) is 11.5 Å². The number of likely N-dealkylation sites (tertiary alicyclic amines) is 2. The lowest BCUT2D eigenvalue weighted by Gasteiger charge is -2.32. The number of piperidine rings is 1. The van der Waals surface area contributed by atoms with Crippen LogP contribution < -0.4 is 19.7 Å². The van der Waals surface area contributed by atoms with Crippen LogP contribution in [-0.2, 0) is 16.1 Å². The van der Waals surface area contributed by atoms with Gasteiger partial charge in [0.15, 0.2) is 0 Å². The molecule has 306 valence electrons. The summed E-state index contributed by atoms with van der Waals surface area (Å²) in [5.41, 5.74) is 5.29. The van der Waals surface area contributed by atoms with Crippen molar-refractivity contribution in [2.45, 2.75) is 64.0 Å². The highest BCUT2D eigenvalue weighted by Gasteiger charge is 2.33. The summed E-state index contributed by atoms with van der Waals surface area (Å²) in [6, 6.07) is 27.2. The number of nitrogens with zero attached hydrogens (tertiary/aromatic N) is 4. The number of hydrogen-bond acceptors (Lipinski definition) is 8. The number of rotatable bonds is 12. The number of carbonyl (C=O) groups excluding carboxylic acids is 3. The molecule has 59 heavy (non-hydrogen) atoms. The number of benzodiazepines with no additional fused rings is 1. The maximum absolute atomic E-state index is 13.6. The predicted octanol–water partition coefficient (Wildman–Crippen LogP) is 7.47. The van der Waals surface area contributed by atoms with Crippen molar-refractivity contribution in [1.29, 1.82) is 10.8 Å². The van der Waals surface area contributed by atoms with Gasteiger partial charge >= 0.3 is 0 Å². The van der Waals surface area contributed by atoms with Gasteiger partial charge in [-0.2, -0.15) is 0 Å². The van der Waals surface area contributed by atoms with E-state index in [9.17, 15) is 19.8 Å². The highest BCUT2D eigenvalue weighted by Crippen LogP contribution is 2.34. The van der Waals surface area contributed by atoms with Crippen LogP contribution >= 0.6 is 11.6 Å². The van der Waals surface area contributed by atoms with Gasteiger partial charge in [-0.25, -0.2) is 0 Å². The molecule has 0 saturated carbocycles. The van der Waals surface area contributed by atoms with E-state index in [1.54, 1.807) is 50.4 Å². The van der Waals surface area contributed by atoms with Gasteiger partial charge in [0.25, 0.3) is 5.91 Å². The molecule has 3 N–H and O–H groups in total. The molecule has 0 aliphatic carbocycles. The van der Waals surface area contributed by atoms with E-state index in [2.05, 4.69) is 17.4 Å². The number of amides is 3. The summed E-state index contributed by atoms with van der Waals surface area (Å²) >= 11 is 6.22. The third-order valence-electron chi connectivity index (χ3n) is 11.2. The third-order valence-corrected chi connectivity index (χ3v) is 11.4. The van der Waals surface area contributed by atoms with Crippen LogP contribution in [-0.4, -0.2) is 90.8 Å². The van der Waals surface area contributed by atoms with E-state index in [-0.39, 0.29) is 48.3 Å². The molecule has 13 heteroatoms. The van der Waals surface area contributed by atoms with Crippen LogP contribution in [0.15, 0.2) is 96.0 Å². The van der Waals surface area contributed by atoms with E-state index in [0.717, 1.165) is 55.5 Å². The van der Waals surface area contributed by atoms with Gasteiger partial charge in [0.1, 0.15) is 29.2 Å². The van der Waals surface area contributed by atoms with Gasteiger partial charge in [-0.3, -0.25) is 35.1 Å². The number of hydrogen-bond donors (Lipinski definition) is 3. The number of ether oxygens (including phenoxy) is 2. The minimum Gasteiger partial charge on any atom is -0.497 e. The molecule has 0 bridgehead atoms. The molecule has 4 aromatic carbocycles. The Labute approximate surface area is 350 Å². The summed E-state index contributed by atoms with van der Waals surface area (Å²) in [4.78, 5) is 49.8. The number of aliphatic imine (C=N–C) groups is 1. The minimum atomic E-state index is -0.871. The first-order valence-corrected chi connectivity index (χ1v) is 20.6. The molecule has 3 amide bonds. The first-order valence-electron chi connectivity index (χ1n) is 20.2. The Morgan fingerprint density at radius 2 is 1.63 bits per heavy atom. The lowest BCUT2D eigenvalue weighted by Crippen LogP contribution is -2.42. The van der Waals surface area contributed by atoms with Crippen molar-refractivity contribution in [2.75, 3.05) is 44.8 Å². The second kappa shape index (κ2) is 18.7. The monoisotopic (exact) mass is 815 g/mol. The highest BCUT2D eigenvalue weighted by atomic mass is 35.5. The SMILES string of the molecule is COc1ccc2c(c1)C(c1ccc(Cl)cc1)=N[C@@H](CC(=O)NCc1cccc(C3CCN(C(=O)c4cccc(OCCC(=O)N5CCCC5)c4)CC3)c1)C(=N)N2C(C)=N. The van der Waals surface area contributed by atoms with Crippen molar-refractivity contribution < 1.29 is 23.9 Å². The van der Waals surface area contributed by atoms with Crippen LogP contribution in [0.25, 0.3) is 0 Å². The molecule has 12 nitrogen and oxygen atoms in total. The van der Waals surface area contributed by atoms with Gasteiger partial charge < -0.3 is 24.6 Å². The minimum absolute atomic E-state index is 0.0249. The zero-order valence-corrected chi connectivity index (χ0v) is 34.3. The number of carbonyl (C=O) groups is 3. The number of fused-ring (bicyclic) bond motifs is 1. The van der Waals surface area contributed by atoms with Crippen LogP contribution in [0, 0.1) is 10.8 Å². The van der Waals surface area contributed by atoms with E-state index >= 15 is 0 Å². The topological polar surface area (TPSA) is 151 Å². The third kappa shape index (κ3) is 9.83. The van der Waals surface area contributed by atoms with Gasteiger partial charge in [-0.1, -0.05) is 54.1 Å². The van der Waals surface area contributed by atoms with E-state index in [4.69, 9.17) is 31.5 Å². The molecule has 0 spiro atoms. The average molecular weight is 816 g/mol. The molecular formula is C46H50ClN7O5. The second-order valence-corrected chi connectivity index (χ2v) is 15.6. The van der Waals surface area contributed by atoms with Gasteiger partial charge in [0.05, 0.1) is 38.0 Å². The quantitative estimate of drug-likeness (QED) is 0.0998. The average Bonchev–Trinajstić information content (AvgIpc) is 3.77. The maximum atomic E-state index is 13.6. The lowest BCUT2D eigenvalue weighted by atomic mass is 9.88. The van der Waals surface area contributed by atoms with E-state index in [1.165, 1.54) is 4.90 Å². The smallest absolute Gasteiger partial charge is 0.253 e. The van der Waals surface area contributed by atoms with Crippen molar-refractivity contribution in [1.82, 2.24) is 15.1 Å². The number of halogens is 1. The Balaban J connectivity index is 0.957. The zero-order chi connectivity index (χ0) is 41.5. The largest absolute Gasteiger partial charge is 0.497 e. The van der Waals surface area contributed by atoms with Gasteiger partial charge in [0, 0.05) is 54.4 Å². The Kier molecular flexibility index (Phi) is 13.1. The maximum Gasteiger partial charge on any atom is 0.253 e. The Morgan fingerprint density at radius 1 is 0.881 bits per heavy atom. The molecule has 2 fully saturated rings. The molecule has 0 radical (unpaired) electrons. The summed E-state index contributed by atoms with van der Waals surface area (Å²) in [7, 11) is 1.58. The fourth-order valence-corrected chi connectivity index (χ4v) is 8.16. The summed E-state index contributed by atoms with van der Waals surface area (Å²) in [6.45, 7) is 5.07. The standard InChI is InChI=1S/C46H50ClN7O5/c1-30(48)54-41-16-15-37(58-2)27-39(41)44(33-11-13-36(47)14-12-33)51-40(45(54)49)28-42(55)50-29-31-7-5-8-34(25-31)32-17-22-53(23-18-32)46(57)35-9-6-10-38(26-35)59-24-19-43(56)52-20-3-4-21-52/h5-16,25-27,32,40,48-49H,3-4,17-24,28-29H2,1-2H3,(H,50,55)/t40-/m0/s1. The molecule has 7 rings (SSSR count). The molecule has 3 aliphatic heterocycles. The van der Waals surface area contributed by atoms with Crippen molar-refractivity contribution >= 4 is 52.4 Å². The molecule has 0 aromatic heterocycles. The van der Waals surface area contributed by atoms with Gasteiger partial charge in [-0.05, 0) is 98.2 Å². The van der Waals surface area contributed by atoms with Crippen molar-refractivity contribution in [3.8, 4) is 11.5 Å². The molecule has 2 saturated heterocycles. The number of benzene rings is 4. The lowest BCUT2D eigenvalue weighted by molar-refractivity contribution is -0.130. The molecular weight excluding hydrogens is 766 g/mol. The molecule has 1 atom stereocenters. The van der Waals surface area contributed by atoms with E-state index in [1.807, 2.05) is 52.3 Å². The number of nitrogens with one attached hydrogen (secondary N) is 3. The normalized spacial score (nSPS) is 16.9.